The molecule has 6 heteroatoms. The average molecular weight is 485 g/mol. The molecule has 6 nitrogen and oxygen atoms in total. The van der Waals surface area contributed by atoms with Gasteiger partial charge in [0, 0.05) is 24.5 Å². The van der Waals surface area contributed by atoms with E-state index in [1.807, 2.05) is 37.3 Å². The highest BCUT2D eigenvalue weighted by Gasteiger charge is 2.46. The number of benzene rings is 2. The highest BCUT2D eigenvalue weighted by molar-refractivity contribution is 6.46. The predicted octanol–water partition coefficient (Wildman–Crippen LogP) is 5.75. The molecule has 0 radical (unpaired) electrons. The van der Waals surface area contributed by atoms with Gasteiger partial charge in [-0.25, -0.2) is 0 Å². The third kappa shape index (κ3) is 5.18. The molecule has 0 bridgehead atoms. The van der Waals surface area contributed by atoms with Crippen LogP contribution in [0, 0.1) is 6.92 Å². The number of nitrogens with zero attached hydrogens (tertiary/aromatic N) is 2. The van der Waals surface area contributed by atoms with E-state index in [1.54, 1.807) is 36.7 Å². The first-order valence-corrected chi connectivity index (χ1v) is 12.4. The highest BCUT2D eigenvalue weighted by Crippen LogP contribution is 2.40. The van der Waals surface area contributed by atoms with Crippen molar-refractivity contribution < 1.29 is 19.4 Å². The number of ether oxygens (including phenoxy) is 1. The van der Waals surface area contributed by atoms with E-state index in [1.165, 1.54) is 4.90 Å². The lowest BCUT2D eigenvalue weighted by Crippen LogP contribution is -2.29. The molecule has 4 rings (SSSR count). The molecular formula is C30H32N2O4. The largest absolute Gasteiger partial charge is 0.507 e. The molecule has 1 aromatic heterocycles. The highest BCUT2D eigenvalue weighted by atomic mass is 16.5. The van der Waals surface area contributed by atoms with Crippen LogP contribution in [0.5, 0.6) is 5.75 Å². The third-order valence-electron chi connectivity index (χ3n) is 6.52. The van der Waals surface area contributed by atoms with Crippen molar-refractivity contribution >= 4 is 17.4 Å². The Labute approximate surface area is 212 Å². The number of rotatable bonds is 9. The van der Waals surface area contributed by atoms with Crippen LogP contribution in [-0.4, -0.2) is 33.3 Å². The SMILES string of the molecule is CCCCOc1ccc(C(O)=C2C(=O)C(=O)N(Cc3cccnc3)[C@H]2c2ccc(CC)cc2)cc1C. The number of likely N-dealkylation sites (tertiary alicyclic amines) is 1. The van der Waals surface area contributed by atoms with E-state index < -0.39 is 17.7 Å². The Hall–Kier alpha value is -3.93. The summed E-state index contributed by atoms with van der Waals surface area (Å²) in [5.74, 6) is -0.776. The van der Waals surface area contributed by atoms with Crippen molar-refractivity contribution in [3.8, 4) is 5.75 Å². The van der Waals surface area contributed by atoms with Crippen molar-refractivity contribution in [2.24, 2.45) is 0 Å². The number of hydrogen-bond donors (Lipinski definition) is 1. The number of Topliss-reactive ketones (excluding diaryl/α,β-unsaturated/α-hetero) is 1. The first-order valence-electron chi connectivity index (χ1n) is 12.4. The lowest BCUT2D eigenvalue weighted by Gasteiger charge is -2.25. The zero-order valence-electron chi connectivity index (χ0n) is 21.0. The molecule has 3 aromatic rings. The summed E-state index contributed by atoms with van der Waals surface area (Å²) in [7, 11) is 0. The van der Waals surface area contributed by atoms with E-state index in [9.17, 15) is 14.7 Å². The first-order chi connectivity index (χ1) is 17.4. The Morgan fingerprint density at radius 3 is 2.47 bits per heavy atom. The van der Waals surface area contributed by atoms with Crippen LogP contribution in [-0.2, 0) is 22.6 Å². The van der Waals surface area contributed by atoms with Gasteiger partial charge in [0.25, 0.3) is 11.7 Å². The van der Waals surface area contributed by atoms with E-state index in [0.29, 0.717) is 12.2 Å². The molecule has 1 aliphatic rings. The molecular weight excluding hydrogens is 452 g/mol. The zero-order valence-corrected chi connectivity index (χ0v) is 21.0. The van der Waals surface area contributed by atoms with E-state index in [4.69, 9.17) is 4.74 Å². The first kappa shape index (κ1) is 25.2. The number of aliphatic hydroxyl groups is 1. The quantitative estimate of drug-likeness (QED) is 0.181. The molecule has 36 heavy (non-hydrogen) atoms. The topological polar surface area (TPSA) is 79.7 Å². The molecule has 1 amide bonds. The van der Waals surface area contributed by atoms with E-state index in [2.05, 4.69) is 18.8 Å². The van der Waals surface area contributed by atoms with Crippen LogP contribution in [0.4, 0.5) is 0 Å². The summed E-state index contributed by atoms with van der Waals surface area (Å²) >= 11 is 0. The van der Waals surface area contributed by atoms with Gasteiger partial charge in [-0.2, -0.15) is 0 Å². The average Bonchev–Trinajstić information content (AvgIpc) is 3.15. The van der Waals surface area contributed by atoms with Crippen LogP contribution < -0.4 is 4.74 Å². The maximum Gasteiger partial charge on any atom is 0.295 e. The maximum absolute atomic E-state index is 13.3. The zero-order chi connectivity index (χ0) is 25.7. The van der Waals surface area contributed by atoms with Crippen molar-refractivity contribution in [2.75, 3.05) is 6.61 Å². The minimum absolute atomic E-state index is 0.0900. The molecule has 0 spiro atoms. The van der Waals surface area contributed by atoms with Crippen molar-refractivity contribution in [3.05, 3.63) is 100 Å². The van der Waals surface area contributed by atoms with Gasteiger partial charge in [0.2, 0.25) is 0 Å². The summed E-state index contributed by atoms with van der Waals surface area (Å²) < 4.78 is 5.84. The lowest BCUT2D eigenvalue weighted by atomic mass is 9.94. The molecule has 1 N–H and O–H groups in total. The number of ketones is 1. The molecule has 1 fully saturated rings. The Balaban J connectivity index is 1.77. The number of carbonyl (C=O) groups excluding carboxylic acids is 2. The van der Waals surface area contributed by atoms with Crippen LogP contribution in [0.1, 0.15) is 60.5 Å². The third-order valence-corrected chi connectivity index (χ3v) is 6.52. The number of unbranched alkanes of at least 4 members (excludes halogenated alkanes) is 1. The summed E-state index contributed by atoms with van der Waals surface area (Å²) in [5, 5.41) is 11.4. The molecule has 0 saturated carbocycles. The Morgan fingerprint density at radius 1 is 1.06 bits per heavy atom. The maximum atomic E-state index is 13.3. The molecule has 2 heterocycles. The van der Waals surface area contributed by atoms with E-state index >= 15 is 0 Å². The van der Waals surface area contributed by atoms with Crippen molar-refractivity contribution in [1.82, 2.24) is 9.88 Å². The van der Waals surface area contributed by atoms with Crippen molar-refractivity contribution in [2.45, 2.75) is 52.6 Å². The summed E-state index contributed by atoms with van der Waals surface area (Å²) in [4.78, 5) is 32.2. The van der Waals surface area contributed by atoms with Gasteiger partial charge in [-0.1, -0.05) is 50.6 Å². The predicted molar refractivity (Wildman–Crippen MR) is 139 cm³/mol. The second-order valence-electron chi connectivity index (χ2n) is 9.07. The second kappa shape index (κ2) is 11.2. The minimum atomic E-state index is -0.711. The van der Waals surface area contributed by atoms with Gasteiger partial charge in [-0.3, -0.25) is 14.6 Å². The molecule has 2 aromatic carbocycles. The smallest absolute Gasteiger partial charge is 0.295 e. The van der Waals surface area contributed by atoms with Gasteiger partial charge in [-0.05, 0) is 66.3 Å². The van der Waals surface area contributed by atoms with Gasteiger partial charge in [0.15, 0.2) is 0 Å². The normalized spacial score (nSPS) is 17.0. The molecule has 186 valence electrons. The number of aliphatic hydroxyl groups excluding tert-OH is 1. The Bertz CT molecular complexity index is 1270. The van der Waals surface area contributed by atoms with Crippen LogP contribution in [0.3, 0.4) is 0 Å². The lowest BCUT2D eigenvalue weighted by molar-refractivity contribution is -0.140. The number of hydrogen-bond acceptors (Lipinski definition) is 5. The van der Waals surface area contributed by atoms with Gasteiger partial charge >= 0.3 is 0 Å². The number of carbonyl (C=O) groups is 2. The molecule has 1 aliphatic heterocycles. The minimum Gasteiger partial charge on any atom is -0.507 e. The van der Waals surface area contributed by atoms with Gasteiger partial charge < -0.3 is 14.7 Å². The van der Waals surface area contributed by atoms with Gasteiger partial charge in [-0.15, -0.1) is 0 Å². The Morgan fingerprint density at radius 2 is 1.83 bits per heavy atom. The number of aryl methyl sites for hydroxylation is 2. The number of pyridine rings is 1. The summed E-state index contributed by atoms with van der Waals surface area (Å²) in [6.45, 7) is 6.91. The summed E-state index contributed by atoms with van der Waals surface area (Å²) in [6.07, 6.45) is 6.21. The summed E-state index contributed by atoms with van der Waals surface area (Å²) in [5.41, 5.74) is 4.14. The van der Waals surface area contributed by atoms with Crippen molar-refractivity contribution in [1.29, 1.82) is 0 Å². The van der Waals surface area contributed by atoms with Crippen LogP contribution in [0.15, 0.2) is 72.6 Å². The number of aromatic nitrogens is 1. The molecule has 0 aliphatic carbocycles. The monoisotopic (exact) mass is 484 g/mol. The molecule has 1 saturated heterocycles. The van der Waals surface area contributed by atoms with Crippen molar-refractivity contribution in [3.63, 3.8) is 0 Å². The standard InChI is InChI=1S/C30H32N2O4/c1-4-6-16-36-25-14-13-24(17-20(25)3)28(33)26-27(23-11-9-21(5-2)10-12-23)32(30(35)29(26)34)19-22-8-7-15-31-18-22/h7-15,17-18,27,33H,4-6,16,19H2,1-3H3/t27-/m0/s1. The summed E-state index contributed by atoms with van der Waals surface area (Å²) in [6, 6.07) is 16.1. The van der Waals surface area contributed by atoms with Crippen LogP contribution in [0.2, 0.25) is 0 Å². The van der Waals surface area contributed by atoms with Gasteiger partial charge in [0.1, 0.15) is 11.5 Å². The fraction of sp³-hybridized carbons (Fsp3) is 0.300. The fourth-order valence-electron chi connectivity index (χ4n) is 4.45. The number of amides is 1. The molecule has 0 unspecified atom stereocenters. The van der Waals surface area contributed by atoms with Gasteiger partial charge in [0.05, 0.1) is 18.2 Å². The Kier molecular flexibility index (Phi) is 7.84. The second-order valence-corrected chi connectivity index (χ2v) is 9.07. The van der Waals surface area contributed by atoms with E-state index in [0.717, 1.165) is 47.3 Å². The van der Waals surface area contributed by atoms with E-state index in [-0.39, 0.29) is 17.9 Å². The van der Waals surface area contributed by atoms with Crippen LogP contribution in [0.25, 0.3) is 5.76 Å². The van der Waals surface area contributed by atoms with Crippen LogP contribution >= 0.6 is 0 Å². The molecule has 1 atom stereocenters. The fourth-order valence-corrected chi connectivity index (χ4v) is 4.45.